The predicted octanol–water partition coefficient (Wildman–Crippen LogP) is 3.95. The molecule has 0 aliphatic carbocycles. The lowest BCUT2D eigenvalue weighted by molar-refractivity contribution is -0.119. The second kappa shape index (κ2) is 9.06. The Labute approximate surface area is 169 Å². The lowest BCUT2D eigenvalue weighted by Crippen LogP contribution is -2.29. The molecule has 0 spiro atoms. The van der Waals surface area contributed by atoms with E-state index in [4.69, 9.17) is 0 Å². The van der Waals surface area contributed by atoms with Crippen LogP contribution < -0.4 is 10.9 Å². The monoisotopic (exact) mass is 395 g/mol. The smallest absolute Gasteiger partial charge is 0.266 e. The van der Waals surface area contributed by atoms with Gasteiger partial charge in [-0.05, 0) is 49.6 Å². The van der Waals surface area contributed by atoms with Gasteiger partial charge in [0.15, 0.2) is 5.16 Å². The molecule has 2 aromatic carbocycles. The van der Waals surface area contributed by atoms with E-state index >= 15 is 0 Å². The van der Waals surface area contributed by atoms with Crippen LogP contribution in [0.25, 0.3) is 16.6 Å². The summed E-state index contributed by atoms with van der Waals surface area (Å²) in [6.45, 7) is 3.98. The van der Waals surface area contributed by atoms with Crippen molar-refractivity contribution in [1.82, 2.24) is 14.9 Å². The minimum Gasteiger partial charge on any atom is -0.358 e. The second-order valence-corrected chi connectivity index (χ2v) is 8.00. The molecular weight excluding hydrogens is 370 g/mol. The number of carbonyl (C=O) groups is 1. The maximum absolute atomic E-state index is 13.2. The maximum Gasteiger partial charge on any atom is 0.266 e. The largest absolute Gasteiger partial charge is 0.358 e. The van der Waals surface area contributed by atoms with Gasteiger partial charge in [-0.3, -0.25) is 14.2 Å². The SMILES string of the molecule is CCCCc1ccc(-n2c(SC(C)C(=O)NC)nc3ccccc3c2=O)cc1. The predicted molar refractivity (Wildman–Crippen MR) is 115 cm³/mol. The Bertz CT molecular complexity index is 1030. The van der Waals surface area contributed by atoms with E-state index in [-0.39, 0.29) is 16.7 Å². The molecule has 0 aliphatic rings. The zero-order chi connectivity index (χ0) is 20.1. The molecule has 0 fully saturated rings. The average Bonchev–Trinajstić information content (AvgIpc) is 2.72. The number of hydrogen-bond acceptors (Lipinski definition) is 4. The van der Waals surface area contributed by atoms with E-state index in [0.717, 1.165) is 24.9 Å². The van der Waals surface area contributed by atoms with Gasteiger partial charge in [-0.15, -0.1) is 0 Å². The summed E-state index contributed by atoms with van der Waals surface area (Å²) in [5.74, 6) is -0.103. The average molecular weight is 396 g/mol. The van der Waals surface area contributed by atoms with E-state index in [1.807, 2.05) is 37.3 Å². The molecule has 5 nitrogen and oxygen atoms in total. The van der Waals surface area contributed by atoms with E-state index in [1.54, 1.807) is 17.7 Å². The van der Waals surface area contributed by atoms with Gasteiger partial charge in [0.05, 0.1) is 21.8 Å². The van der Waals surface area contributed by atoms with Gasteiger partial charge in [-0.2, -0.15) is 0 Å². The maximum atomic E-state index is 13.2. The summed E-state index contributed by atoms with van der Waals surface area (Å²) in [7, 11) is 1.61. The minimum absolute atomic E-state index is 0.103. The highest BCUT2D eigenvalue weighted by atomic mass is 32.2. The highest BCUT2D eigenvalue weighted by molar-refractivity contribution is 8.00. The van der Waals surface area contributed by atoms with Gasteiger partial charge in [0, 0.05) is 7.05 Å². The molecule has 0 saturated carbocycles. The standard InChI is InChI=1S/C22H25N3O2S/c1-4-5-8-16-11-13-17(14-12-16)25-21(27)18-9-6-7-10-19(18)24-22(25)28-15(2)20(26)23-3/h6-7,9-15H,4-5,8H2,1-3H3,(H,23,26). The van der Waals surface area contributed by atoms with Crippen molar-refractivity contribution in [3.8, 4) is 5.69 Å². The first-order chi connectivity index (χ1) is 13.5. The zero-order valence-electron chi connectivity index (χ0n) is 16.4. The molecule has 1 amide bonds. The Morgan fingerprint density at radius 2 is 1.89 bits per heavy atom. The highest BCUT2D eigenvalue weighted by Gasteiger charge is 2.19. The Morgan fingerprint density at radius 1 is 1.18 bits per heavy atom. The fourth-order valence-corrected chi connectivity index (χ4v) is 4.01. The number of benzene rings is 2. The summed E-state index contributed by atoms with van der Waals surface area (Å²) in [4.78, 5) is 29.9. The molecule has 1 atom stereocenters. The lowest BCUT2D eigenvalue weighted by atomic mass is 10.1. The summed E-state index contributed by atoms with van der Waals surface area (Å²) < 4.78 is 1.61. The van der Waals surface area contributed by atoms with Gasteiger partial charge in [0.25, 0.3) is 5.56 Å². The van der Waals surface area contributed by atoms with Crippen LogP contribution in [0.2, 0.25) is 0 Å². The van der Waals surface area contributed by atoms with Crippen LogP contribution >= 0.6 is 11.8 Å². The number of unbranched alkanes of at least 4 members (excludes halogenated alkanes) is 1. The first-order valence-electron chi connectivity index (χ1n) is 9.54. The molecule has 1 N–H and O–H groups in total. The van der Waals surface area contributed by atoms with Crippen molar-refractivity contribution in [2.75, 3.05) is 7.05 Å². The number of aryl methyl sites for hydroxylation is 1. The van der Waals surface area contributed by atoms with Gasteiger partial charge >= 0.3 is 0 Å². The number of fused-ring (bicyclic) bond motifs is 1. The summed E-state index contributed by atoms with van der Waals surface area (Å²) in [5.41, 5.74) is 2.52. The third kappa shape index (κ3) is 4.28. The van der Waals surface area contributed by atoms with E-state index in [9.17, 15) is 9.59 Å². The summed E-state index contributed by atoms with van der Waals surface area (Å²) >= 11 is 1.28. The molecule has 3 rings (SSSR count). The first kappa shape index (κ1) is 20.1. The Balaban J connectivity index is 2.10. The van der Waals surface area contributed by atoms with Crippen molar-refractivity contribution in [3.05, 3.63) is 64.4 Å². The molecular formula is C22H25N3O2S. The number of aromatic nitrogens is 2. The number of nitrogens with one attached hydrogen (secondary N) is 1. The molecule has 6 heteroatoms. The Morgan fingerprint density at radius 3 is 2.57 bits per heavy atom. The molecule has 0 radical (unpaired) electrons. The number of hydrogen-bond donors (Lipinski definition) is 1. The van der Waals surface area contributed by atoms with Gasteiger partial charge in [-0.25, -0.2) is 4.98 Å². The molecule has 1 heterocycles. The third-order valence-corrected chi connectivity index (χ3v) is 5.71. The van der Waals surface area contributed by atoms with Gasteiger partial charge in [-0.1, -0.05) is 49.4 Å². The lowest BCUT2D eigenvalue weighted by Gasteiger charge is -2.16. The minimum atomic E-state index is -0.367. The number of para-hydroxylation sites is 1. The van der Waals surface area contributed by atoms with Gasteiger partial charge in [0.2, 0.25) is 5.91 Å². The van der Waals surface area contributed by atoms with E-state index in [2.05, 4.69) is 29.4 Å². The van der Waals surface area contributed by atoms with Crippen molar-refractivity contribution >= 4 is 28.6 Å². The van der Waals surface area contributed by atoms with Crippen molar-refractivity contribution in [2.45, 2.75) is 43.5 Å². The van der Waals surface area contributed by atoms with Gasteiger partial charge < -0.3 is 5.32 Å². The van der Waals surface area contributed by atoms with Crippen LogP contribution in [-0.2, 0) is 11.2 Å². The van der Waals surface area contributed by atoms with Crippen molar-refractivity contribution in [2.24, 2.45) is 0 Å². The van der Waals surface area contributed by atoms with E-state index in [1.165, 1.54) is 17.3 Å². The van der Waals surface area contributed by atoms with Crippen LogP contribution in [0.1, 0.15) is 32.3 Å². The molecule has 0 bridgehead atoms. The van der Waals surface area contributed by atoms with E-state index < -0.39 is 0 Å². The van der Waals surface area contributed by atoms with Crippen LogP contribution in [0, 0.1) is 0 Å². The number of rotatable bonds is 7. The summed E-state index contributed by atoms with van der Waals surface area (Å²) in [6, 6.07) is 15.3. The third-order valence-electron chi connectivity index (χ3n) is 4.66. The molecule has 0 saturated heterocycles. The molecule has 1 unspecified atom stereocenters. The summed E-state index contributed by atoms with van der Waals surface area (Å²) in [6.07, 6.45) is 3.31. The second-order valence-electron chi connectivity index (χ2n) is 6.70. The fraction of sp³-hybridized carbons (Fsp3) is 0.318. The van der Waals surface area contributed by atoms with Crippen molar-refractivity contribution in [3.63, 3.8) is 0 Å². The molecule has 28 heavy (non-hydrogen) atoms. The van der Waals surface area contributed by atoms with E-state index in [0.29, 0.717) is 16.1 Å². The number of thioether (sulfide) groups is 1. The number of nitrogens with zero attached hydrogens (tertiary/aromatic N) is 2. The number of carbonyl (C=O) groups excluding carboxylic acids is 1. The molecule has 146 valence electrons. The quantitative estimate of drug-likeness (QED) is 0.486. The highest BCUT2D eigenvalue weighted by Crippen LogP contribution is 2.25. The van der Waals surface area contributed by atoms with Crippen LogP contribution in [-0.4, -0.2) is 27.8 Å². The molecule has 3 aromatic rings. The Hall–Kier alpha value is -2.60. The fourth-order valence-electron chi connectivity index (χ4n) is 3.03. The van der Waals surface area contributed by atoms with Crippen molar-refractivity contribution < 1.29 is 4.79 Å². The van der Waals surface area contributed by atoms with Crippen molar-refractivity contribution in [1.29, 1.82) is 0 Å². The molecule has 0 aliphatic heterocycles. The zero-order valence-corrected chi connectivity index (χ0v) is 17.3. The number of amides is 1. The van der Waals surface area contributed by atoms with Crippen LogP contribution in [0.3, 0.4) is 0 Å². The molecule has 1 aromatic heterocycles. The first-order valence-corrected chi connectivity index (χ1v) is 10.4. The van der Waals surface area contributed by atoms with Crippen LogP contribution in [0.4, 0.5) is 0 Å². The topological polar surface area (TPSA) is 64.0 Å². The summed E-state index contributed by atoms with van der Waals surface area (Å²) in [5, 5.41) is 3.36. The van der Waals surface area contributed by atoms with Gasteiger partial charge in [0.1, 0.15) is 0 Å². The van der Waals surface area contributed by atoms with Crippen LogP contribution in [0.5, 0.6) is 0 Å². The Kier molecular flexibility index (Phi) is 6.52. The van der Waals surface area contributed by atoms with Crippen LogP contribution in [0.15, 0.2) is 58.5 Å². The normalized spacial score (nSPS) is 12.1.